The van der Waals surface area contributed by atoms with Gasteiger partial charge in [-0.3, -0.25) is 0 Å². The first kappa shape index (κ1) is 24.5. The second-order valence-electron chi connectivity index (χ2n) is 10.9. The van der Waals surface area contributed by atoms with Crippen molar-refractivity contribution in [3.63, 3.8) is 0 Å². The fourth-order valence-corrected chi connectivity index (χ4v) is 9.01. The number of furan rings is 1. The first-order chi connectivity index (χ1) is 21.3. The van der Waals surface area contributed by atoms with Gasteiger partial charge < -0.3 is 0 Å². The van der Waals surface area contributed by atoms with Gasteiger partial charge in [-0.25, -0.2) is 0 Å². The molecule has 0 bridgehead atoms. The van der Waals surface area contributed by atoms with Crippen LogP contribution in [0.5, 0.6) is 0 Å². The monoisotopic (exact) mass is 615 g/mol. The molecule has 2 aromatic heterocycles. The number of anilines is 3. The van der Waals surface area contributed by atoms with Gasteiger partial charge in [-0.2, -0.15) is 0 Å². The summed E-state index contributed by atoms with van der Waals surface area (Å²) in [6.07, 6.45) is 0. The van der Waals surface area contributed by atoms with E-state index in [9.17, 15) is 0 Å². The summed E-state index contributed by atoms with van der Waals surface area (Å²) in [7, 11) is 0. The van der Waals surface area contributed by atoms with Crippen LogP contribution in [-0.4, -0.2) is 14.5 Å². The summed E-state index contributed by atoms with van der Waals surface area (Å²) in [5, 5.41) is 7.63. The fraction of sp³-hybridized carbons (Fsp3) is 0. The van der Waals surface area contributed by atoms with Crippen molar-refractivity contribution in [2.75, 3.05) is 4.90 Å². The van der Waals surface area contributed by atoms with Crippen LogP contribution in [0, 0.1) is 0 Å². The van der Waals surface area contributed by atoms with Crippen molar-refractivity contribution in [1.82, 2.24) is 0 Å². The molecule has 0 fully saturated rings. The molecule has 0 radical (unpaired) electrons. The van der Waals surface area contributed by atoms with Crippen LogP contribution in [0.4, 0.5) is 17.1 Å². The minimum absolute atomic E-state index is 0.279. The summed E-state index contributed by atoms with van der Waals surface area (Å²) >= 11 is 0.279. The first-order valence-corrected chi connectivity index (χ1v) is 16.2. The predicted octanol–water partition coefficient (Wildman–Crippen LogP) is 11.2. The summed E-state index contributed by atoms with van der Waals surface area (Å²) in [4.78, 5) is 2.40. The van der Waals surface area contributed by atoms with E-state index in [1.165, 1.54) is 46.9 Å². The summed E-state index contributed by atoms with van der Waals surface area (Å²) in [5.74, 6) is 0. The van der Waals surface area contributed by atoms with Crippen LogP contribution in [0.3, 0.4) is 0 Å². The number of nitrogens with zero attached hydrogens (tertiary/aromatic N) is 1. The molecule has 2 nitrogen and oxygen atoms in total. The Bertz CT molecular complexity index is 2450. The summed E-state index contributed by atoms with van der Waals surface area (Å²) in [6.45, 7) is 0. The Hall–Kier alpha value is -5.08. The van der Waals surface area contributed by atoms with E-state index in [2.05, 4.69) is 144 Å². The van der Waals surface area contributed by atoms with Gasteiger partial charge in [0.1, 0.15) is 0 Å². The van der Waals surface area contributed by atoms with Crippen LogP contribution < -0.4 is 4.90 Å². The van der Waals surface area contributed by atoms with E-state index >= 15 is 0 Å². The topological polar surface area (TPSA) is 16.4 Å². The summed E-state index contributed by atoms with van der Waals surface area (Å²) < 4.78 is 9.14. The molecule has 0 amide bonds. The Labute approximate surface area is 254 Å². The van der Waals surface area contributed by atoms with E-state index in [0.717, 1.165) is 33.3 Å². The number of hydrogen-bond acceptors (Lipinski definition) is 2. The average Bonchev–Trinajstić information content (AvgIpc) is 3.64. The van der Waals surface area contributed by atoms with Gasteiger partial charge in [-0.05, 0) is 0 Å². The predicted molar refractivity (Wildman–Crippen MR) is 183 cm³/mol. The number of rotatable bonds is 4. The quantitative estimate of drug-likeness (QED) is 0.183. The molecule has 3 heteroatoms. The molecule has 0 N–H and O–H groups in total. The van der Waals surface area contributed by atoms with Crippen LogP contribution >= 0.6 is 0 Å². The summed E-state index contributed by atoms with van der Waals surface area (Å²) in [6, 6.07) is 54.7. The molecule has 0 aliphatic heterocycles. The molecule has 202 valence electrons. The van der Waals surface area contributed by atoms with Crippen LogP contribution in [0.1, 0.15) is 0 Å². The molecule has 0 spiro atoms. The molecular formula is C40H25NOSe. The van der Waals surface area contributed by atoms with Gasteiger partial charge in [0, 0.05) is 0 Å². The third-order valence-corrected chi connectivity index (χ3v) is 11.0. The molecule has 0 atom stereocenters. The van der Waals surface area contributed by atoms with Crippen molar-refractivity contribution >= 4 is 83.6 Å². The van der Waals surface area contributed by atoms with Gasteiger partial charge >= 0.3 is 250 Å². The normalized spacial score (nSPS) is 11.7. The summed E-state index contributed by atoms with van der Waals surface area (Å²) in [5.41, 5.74) is 7.64. The van der Waals surface area contributed by atoms with E-state index in [0.29, 0.717) is 0 Å². The van der Waals surface area contributed by atoms with E-state index in [1.807, 2.05) is 12.1 Å². The molecule has 9 rings (SSSR count). The van der Waals surface area contributed by atoms with Gasteiger partial charge in [0.25, 0.3) is 0 Å². The van der Waals surface area contributed by atoms with Crippen molar-refractivity contribution in [2.45, 2.75) is 0 Å². The van der Waals surface area contributed by atoms with E-state index in [1.54, 1.807) is 0 Å². The fourth-order valence-electron chi connectivity index (χ4n) is 6.43. The molecule has 0 saturated carbocycles. The van der Waals surface area contributed by atoms with Gasteiger partial charge in [0.05, 0.1) is 0 Å². The van der Waals surface area contributed by atoms with Crippen LogP contribution in [0.25, 0.3) is 63.1 Å². The van der Waals surface area contributed by atoms with Gasteiger partial charge in [-0.1, -0.05) is 6.07 Å². The zero-order valence-electron chi connectivity index (χ0n) is 23.2. The number of para-hydroxylation sites is 1. The van der Waals surface area contributed by atoms with Crippen LogP contribution in [-0.2, 0) is 0 Å². The van der Waals surface area contributed by atoms with Crippen molar-refractivity contribution in [3.05, 3.63) is 152 Å². The third-order valence-electron chi connectivity index (χ3n) is 8.47. The van der Waals surface area contributed by atoms with Gasteiger partial charge in [-0.15, -0.1) is 0 Å². The zero-order chi connectivity index (χ0) is 28.3. The first-order valence-electron chi connectivity index (χ1n) is 14.5. The maximum atomic E-state index is 6.20. The SMILES string of the molecule is c1ccc(-c2ccc(N(c3ccc4oc5ccccc5c4c3)c3cccc4c3ccc3c5ccccc5[se]c43)cc2)cc1. The van der Waals surface area contributed by atoms with Gasteiger partial charge in [0.2, 0.25) is 0 Å². The molecule has 0 aliphatic carbocycles. The molecule has 0 unspecified atom stereocenters. The Morgan fingerprint density at radius 2 is 1.07 bits per heavy atom. The van der Waals surface area contributed by atoms with E-state index < -0.39 is 0 Å². The van der Waals surface area contributed by atoms with Crippen molar-refractivity contribution < 1.29 is 4.42 Å². The van der Waals surface area contributed by atoms with E-state index in [4.69, 9.17) is 4.42 Å². The molecule has 0 aliphatic rings. The number of benzene rings is 7. The maximum absolute atomic E-state index is 6.20. The Morgan fingerprint density at radius 3 is 1.95 bits per heavy atom. The molecule has 2 heterocycles. The Kier molecular flexibility index (Phi) is 5.55. The third kappa shape index (κ3) is 3.94. The van der Waals surface area contributed by atoms with Crippen molar-refractivity contribution in [1.29, 1.82) is 0 Å². The van der Waals surface area contributed by atoms with E-state index in [-0.39, 0.29) is 14.5 Å². The zero-order valence-corrected chi connectivity index (χ0v) is 24.9. The molecule has 7 aromatic carbocycles. The van der Waals surface area contributed by atoms with Crippen molar-refractivity contribution in [2.24, 2.45) is 0 Å². The average molecular weight is 615 g/mol. The molecular weight excluding hydrogens is 589 g/mol. The number of fused-ring (bicyclic) bond motifs is 8. The molecule has 0 saturated heterocycles. The number of hydrogen-bond donors (Lipinski definition) is 0. The van der Waals surface area contributed by atoms with Crippen LogP contribution in [0.2, 0.25) is 0 Å². The molecule has 43 heavy (non-hydrogen) atoms. The van der Waals surface area contributed by atoms with Crippen molar-refractivity contribution in [3.8, 4) is 11.1 Å². The second-order valence-corrected chi connectivity index (χ2v) is 13.1. The van der Waals surface area contributed by atoms with Gasteiger partial charge in [0.15, 0.2) is 0 Å². The Morgan fingerprint density at radius 1 is 0.419 bits per heavy atom. The standard InChI is InChI=1S/C40H25NOSe/c1-2-9-26(10-3-1)27-17-19-28(20-18-27)41(29-21-24-38-35(25-29)31-11-4-6-15-37(31)42-38)36-14-8-13-33-30(36)22-23-34-32-12-5-7-16-39(32)43-40(33)34/h1-25H. The molecule has 9 aromatic rings. The Balaban J connectivity index is 1.29. The minimum atomic E-state index is 0.279. The van der Waals surface area contributed by atoms with Crippen LogP contribution in [0.15, 0.2) is 156 Å². The second kappa shape index (κ2) is 9.74.